The third kappa shape index (κ3) is 2.80. The van der Waals surface area contributed by atoms with Crippen LogP contribution in [0.1, 0.15) is 30.5 Å². The van der Waals surface area contributed by atoms with Crippen molar-refractivity contribution in [2.24, 2.45) is 0 Å². The number of hydrogen-bond donors (Lipinski definition) is 1. The van der Waals surface area contributed by atoms with Gasteiger partial charge in [-0.25, -0.2) is 0 Å². The molecule has 2 aromatic carbocycles. The van der Waals surface area contributed by atoms with Crippen molar-refractivity contribution in [1.82, 2.24) is 0 Å². The zero-order valence-electron chi connectivity index (χ0n) is 16.1. The number of benzene rings is 2. The van der Waals surface area contributed by atoms with Gasteiger partial charge in [-0.1, -0.05) is 18.2 Å². The van der Waals surface area contributed by atoms with Gasteiger partial charge in [0.2, 0.25) is 5.72 Å². The monoisotopic (exact) mass is 416 g/mol. The largest absolute Gasteiger partial charge is 0.462 e. The number of rotatable bonds is 3. The first-order valence-corrected chi connectivity index (χ1v) is 10.6. The van der Waals surface area contributed by atoms with Gasteiger partial charge in [0.15, 0.2) is 0 Å². The molecule has 152 valence electrons. The summed E-state index contributed by atoms with van der Waals surface area (Å²) in [5.74, 6) is -0.568. The van der Waals surface area contributed by atoms with Crippen LogP contribution in [0.15, 0.2) is 42.5 Å². The maximum Gasteiger partial charge on any atom is 0.270 e. The van der Waals surface area contributed by atoms with E-state index in [-0.39, 0.29) is 17.0 Å². The van der Waals surface area contributed by atoms with E-state index < -0.39 is 31.9 Å². The number of hydrogen-bond acceptors (Lipinski definition) is 6. The maximum atomic E-state index is 11.6. The molecule has 4 rings (SSSR count). The van der Waals surface area contributed by atoms with Crippen LogP contribution < -0.4 is 9.64 Å². The Morgan fingerprint density at radius 2 is 1.93 bits per heavy atom. The number of anilines is 1. The first kappa shape index (κ1) is 19.4. The highest BCUT2D eigenvalue weighted by molar-refractivity contribution is 7.85. The fourth-order valence-electron chi connectivity index (χ4n) is 4.35. The summed E-state index contributed by atoms with van der Waals surface area (Å²) in [7, 11) is -2.54. The number of non-ortho nitro benzene ring substituents is 1. The Bertz CT molecular complexity index is 1170. The zero-order valence-corrected chi connectivity index (χ0v) is 16.9. The molecular weight excluding hydrogens is 396 g/mol. The van der Waals surface area contributed by atoms with Crippen LogP contribution in [0.4, 0.5) is 11.4 Å². The lowest BCUT2D eigenvalue weighted by Crippen LogP contribution is -2.58. The molecule has 1 N–H and O–H groups in total. The summed E-state index contributed by atoms with van der Waals surface area (Å²) < 4.78 is 38.9. The Labute approximate surface area is 168 Å². The highest BCUT2D eigenvalue weighted by Crippen LogP contribution is 2.54. The predicted molar refractivity (Wildman–Crippen MR) is 109 cm³/mol. The second-order valence-corrected chi connectivity index (χ2v) is 9.29. The van der Waals surface area contributed by atoms with E-state index in [4.69, 9.17) is 4.74 Å². The third-order valence-electron chi connectivity index (χ3n) is 5.81. The van der Waals surface area contributed by atoms with Gasteiger partial charge in [-0.05, 0) is 37.6 Å². The maximum absolute atomic E-state index is 11.6. The van der Waals surface area contributed by atoms with Crippen molar-refractivity contribution in [3.63, 3.8) is 0 Å². The lowest BCUT2D eigenvalue weighted by Gasteiger charge is -2.46. The van der Waals surface area contributed by atoms with Gasteiger partial charge in [0.1, 0.15) is 11.5 Å². The average molecular weight is 416 g/mol. The van der Waals surface area contributed by atoms with Crippen LogP contribution in [0.2, 0.25) is 0 Å². The van der Waals surface area contributed by atoms with Crippen LogP contribution >= 0.6 is 0 Å². The van der Waals surface area contributed by atoms with Gasteiger partial charge in [0, 0.05) is 36.0 Å². The summed E-state index contributed by atoms with van der Waals surface area (Å²) >= 11 is 0. The normalized spacial score (nSPS) is 21.6. The molecule has 1 atom stereocenters. The van der Waals surface area contributed by atoms with Crippen molar-refractivity contribution < 1.29 is 22.6 Å². The molecule has 29 heavy (non-hydrogen) atoms. The van der Waals surface area contributed by atoms with Gasteiger partial charge >= 0.3 is 0 Å². The van der Waals surface area contributed by atoms with Gasteiger partial charge in [-0.3, -0.25) is 14.7 Å². The van der Waals surface area contributed by atoms with Gasteiger partial charge < -0.3 is 9.64 Å². The number of nitro benzene ring substituents is 1. The molecule has 2 aliphatic heterocycles. The van der Waals surface area contributed by atoms with Gasteiger partial charge in [0.05, 0.1) is 10.3 Å². The van der Waals surface area contributed by atoms with Crippen molar-refractivity contribution in [1.29, 1.82) is 0 Å². The Kier molecular flexibility index (Phi) is 4.04. The van der Waals surface area contributed by atoms with E-state index in [1.165, 1.54) is 6.07 Å². The Hall–Kier alpha value is -2.91. The number of likely N-dealkylation sites (N-methyl/N-ethyl adjacent to an activating group) is 1. The molecule has 9 heteroatoms. The van der Waals surface area contributed by atoms with Gasteiger partial charge in [0.25, 0.3) is 15.8 Å². The standard InChI is InChI=1S/C20H20N2O6S/c1-19(2)16-6-4-5-7-17(16)21(3)20(19)9-8-13-10-15(22(23)24)11-14(18(13)28-20)12-29(25,26)27/h4-11H,12H2,1-3H3,(H,25,26,27). The minimum atomic E-state index is -4.42. The molecule has 1 spiro atoms. The minimum absolute atomic E-state index is 0.0422. The molecule has 2 aliphatic rings. The highest BCUT2D eigenvalue weighted by Gasteiger charge is 2.57. The van der Waals surface area contributed by atoms with Crippen LogP contribution in [-0.2, 0) is 21.3 Å². The molecular formula is C20H20N2O6S. The quantitative estimate of drug-likeness (QED) is 0.463. The topological polar surface area (TPSA) is 110 Å². The number of nitrogens with zero attached hydrogens (tertiary/aromatic N) is 2. The molecule has 8 nitrogen and oxygen atoms in total. The van der Waals surface area contributed by atoms with Crippen LogP contribution in [0.5, 0.6) is 5.75 Å². The smallest absolute Gasteiger partial charge is 0.270 e. The van der Waals surface area contributed by atoms with E-state index in [0.29, 0.717) is 5.56 Å². The van der Waals surface area contributed by atoms with Crippen LogP contribution in [-0.4, -0.2) is 30.7 Å². The molecule has 0 fully saturated rings. The lowest BCUT2D eigenvalue weighted by atomic mass is 9.76. The third-order valence-corrected chi connectivity index (χ3v) is 6.48. The molecule has 0 amide bonds. The summed E-state index contributed by atoms with van der Waals surface area (Å²) in [5, 5.41) is 11.3. The van der Waals surface area contributed by atoms with E-state index in [0.717, 1.165) is 17.3 Å². The Balaban J connectivity index is 1.91. The Morgan fingerprint density at radius 3 is 2.55 bits per heavy atom. The summed E-state index contributed by atoms with van der Waals surface area (Å²) in [5.41, 5.74) is 0.730. The van der Waals surface area contributed by atoms with Crippen molar-refractivity contribution in [3.8, 4) is 5.75 Å². The van der Waals surface area contributed by atoms with E-state index in [1.807, 2.05) is 56.1 Å². The average Bonchev–Trinajstić information content (AvgIpc) is 2.80. The van der Waals surface area contributed by atoms with Gasteiger partial charge in [-0.15, -0.1) is 0 Å². The second kappa shape index (κ2) is 6.04. The van der Waals surface area contributed by atoms with E-state index >= 15 is 0 Å². The molecule has 1 unspecified atom stereocenters. The van der Waals surface area contributed by atoms with Crippen molar-refractivity contribution in [3.05, 3.63) is 69.3 Å². The second-order valence-electron chi connectivity index (χ2n) is 7.84. The zero-order chi connectivity index (χ0) is 21.2. The highest BCUT2D eigenvalue weighted by atomic mass is 32.2. The molecule has 0 radical (unpaired) electrons. The SMILES string of the molecule is CN1c2ccccc2C(C)(C)C12C=Cc1cc([N+](=O)[O-])cc(CS(=O)(=O)O)c1O2. The molecule has 2 heterocycles. The summed E-state index contributed by atoms with van der Waals surface area (Å²) in [6.07, 6.45) is 3.56. The van der Waals surface area contributed by atoms with Crippen molar-refractivity contribution >= 4 is 27.6 Å². The first-order valence-electron chi connectivity index (χ1n) is 8.94. The molecule has 0 saturated carbocycles. The van der Waals surface area contributed by atoms with E-state index in [2.05, 4.69) is 0 Å². The Morgan fingerprint density at radius 1 is 1.24 bits per heavy atom. The summed E-state index contributed by atoms with van der Waals surface area (Å²) in [6.45, 7) is 4.05. The van der Waals surface area contributed by atoms with E-state index in [1.54, 1.807) is 6.08 Å². The predicted octanol–water partition coefficient (Wildman–Crippen LogP) is 3.51. The molecule has 0 aromatic heterocycles. The fraction of sp³-hybridized carbons (Fsp3) is 0.300. The molecule has 2 aromatic rings. The van der Waals surface area contributed by atoms with Crippen LogP contribution in [0.3, 0.4) is 0 Å². The van der Waals surface area contributed by atoms with Crippen molar-refractivity contribution in [2.45, 2.75) is 30.7 Å². The number of fused-ring (bicyclic) bond motifs is 2. The van der Waals surface area contributed by atoms with Crippen LogP contribution in [0, 0.1) is 10.1 Å². The lowest BCUT2D eigenvalue weighted by molar-refractivity contribution is -0.385. The minimum Gasteiger partial charge on any atom is -0.462 e. The molecule has 0 bridgehead atoms. The van der Waals surface area contributed by atoms with Crippen molar-refractivity contribution in [2.75, 3.05) is 11.9 Å². The number of para-hydroxylation sites is 1. The molecule has 0 aliphatic carbocycles. The summed E-state index contributed by atoms with van der Waals surface area (Å²) in [4.78, 5) is 12.6. The molecule has 0 saturated heterocycles. The van der Waals surface area contributed by atoms with Gasteiger partial charge in [-0.2, -0.15) is 8.42 Å². The fourth-order valence-corrected chi connectivity index (χ4v) is 4.96. The summed E-state index contributed by atoms with van der Waals surface area (Å²) in [6, 6.07) is 10.3. The van der Waals surface area contributed by atoms with E-state index in [9.17, 15) is 23.1 Å². The first-order chi connectivity index (χ1) is 13.5. The van der Waals surface area contributed by atoms with Crippen LogP contribution in [0.25, 0.3) is 6.08 Å². The number of nitro groups is 1. The number of ether oxygens (including phenoxy) is 1.